The Morgan fingerprint density at radius 3 is 2.41 bits per heavy atom. The number of rotatable bonds is 9. The lowest BCUT2D eigenvalue weighted by molar-refractivity contribution is -0.148. The monoisotopic (exact) mass is 380 g/mol. The van der Waals surface area contributed by atoms with Gasteiger partial charge in [0.2, 0.25) is 0 Å². The van der Waals surface area contributed by atoms with Crippen molar-refractivity contribution in [3.8, 4) is 5.75 Å². The number of nitrogens with one attached hydrogen (secondary N) is 2. The summed E-state index contributed by atoms with van der Waals surface area (Å²) >= 11 is 0. The van der Waals surface area contributed by atoms with Crippen molar-refractivity contribution in [1.29, 1.82) is 0 Å². The van der Waals surface area contributed by atoms with Crippen LogP contribution >= 0.6 is 0 Å². The first-order valence-corrected chi connectivity index (χ1v) is 8.72. The normalized spacial score (nSPS) is 10.7. The van der Waals surface area contributed by atoms with Gasteiger partial charge in [0, 0.05) is 13.1 Å². The molecule has 1 aromatic carbocycles. The van der Waals surface area contributed by atoms with Crippen molar-refractivity contribution < 1.29 is 28.6 Å². The van der Waals surface area contributed by atoms with Crippen LogP contribution in [0.5, 0.6) is 5.75 Å². The molecule has 2 N–H and O–H groups in total. The van der Waals surface area contributed by atoms with E-state index in [1.807, 2.05) is 24.3 Å². The Hall–Kier alpha value is -2.77. The van der Waals surface area contributed by atoms with Crippen LogP contribution in [-0.4, -0.2) is 50.4 Å². The maximum Gasteiger partial charge on any atom is 0.407 e. The smallest absolute Gasteiger partial charge is 0.407 e. The number of carbonyl (C=O) groups is 3. The molecule has 150 valence electrons. The zero-order valence-electron chi connectivity index (χ0n) is 16.3. The van der Waals surface area contributed by atoms with Crippen molar-refractivity contribution >= 4 is 18.0 Å². The number of esters is 1. The molecule has 8 heteroatoms. The quantitative estimate of drug-likeness (QED) is 0.634. The first-order valence-electron chi connectivity index (χ1n) is 8.72. The van der Waals surface area contributed by atoms with Crippen molar-refractivity contribution in [2.75, 3.05) is 26.8 Å². The predicted octanol–water partition coefficient (Wildman–Crippen LogP) is 1.81. The van der Waals surface area contributed by atoms with Gasteiger partial charge in [-0.05, 0) is 38.8 Å². The molecule has 0 atom stereocenters. The molecule has 0 unspecified atom stereocenters. The number of ether oxygens (including phenoxy) is 3. The molecule has 1 rings (SSSR count). The number of hydrogen-bond donors (Lipinski definition) is 2. The van der Waals surface area contributed by atoms with E-state index in [0.717, 1.165) is 11.3 Å². The molecule has 0 aliphatic carbocycles. The van der Waals surface area contributed by atoms with Gasteiger partial charge in [0.05, 0.1) is 13.5 Å². The van der Waals surface area contributed by atoms with Crippen LogP contribution in [0.4, 0.5) is 4.79 Å². The van der Waals surface area contributed by atoms with Crippen molar-refractivity contribution in [2.24, 2.45) is 0 Å². The summed E-state index contributed by atoms with van der Waals surface area (Å²) in [4.78, 5) is 34.7. The largest absolute Gasteiger partial charge is 0.496 e. The molecule has 0 aliphatic rings. The first-order chi connectivity index (χ1) is 12.7. The molecule has 0 fully saturated rings. The average Bonchev–Trinajstić information content (AvgIpc) is 2.59. The van der Waals surface area contributed by atoms with Crippen LogP contribution in [0.3, 0.4) is 0 Å². The lowest BCUT2D eigenvalue weighted by atomic mass is 10.1. The summed E-state index contributed by atoms with van der Waals surface area (Å²) in [5.41, 5.74) is 0.373. The molecule has 2 amide bonds. The van der Waals surface area contributed by atoms with Gasteiger partial charge in [-0.1, -0.05) is 18.2 Å². The van der Waals surface area contributed by atoms with Crippen molar-refractivity contribution in [2.45, 2.75) is 39.2 Å². The fourth-order valence-electron chi connectivity index (χ4n) is 2.10. The van der Waals surface area contributed by atoms with Crippen molar-refractivity contribution in [1.82, 2.24) is 10.6 Å². The summed E-state index contributed by atoms with van der Waals surface area (Å²) in [6.45, 7) is 5.34. The lowest BCUT2D eigenvalue weighted by Crippen LogP contribution is -2.34. The number of para-hydroxylation sites is 1. The van der Waals surface area contributed by atoms with Crippen LogP contribution in [0.2, 0.25) is 0 Å². The average molecular weight is 380 g/mol. The van der Waals surface area contributed by atoms with Crippen LogP contribution < -0.4 is 15.4 Å². The molecule has 1 aromatic rings. The van der Waals surface area contributed by atoms with E-state index in [1.54, 1.807) is 27.9 Å². The first kappa shape index (κ1) is 22.3. The maximum atomic E-state index is 11.7. The highest BCUT2D eigenvalue weighted by Gasteiger charge is 2.16. The fraction of sp³-hybridized carbons (Fsp3) is 0.526. The van der Waals surface area contributed by atoms with E-state index in [9.17, 15) is 14.4 Å². The highest BCUT2D eigenvalue weighted by atomic mass is 16.6. The molecule has 0 aromatic heterocycles. The minimum absolute atomic E-state index is 0.0479. The Labute approximate surface area is 159 Å². The van der Waals surface area contributed by atoms with Gasteiger partial charge in [-0.2, -0.15) is 0 Å². The second-order valence-corrected chi connectivity index (χ2v) is 6.75. The SMILES string of the molecule is COc1ccccc1CCNC(=O)COC(=O)CCNC(=O)OC(C)(C)C. The molecule has 8 nitrogen and oxygen atoms in total. The van der Waals surface area contributed by atoms with Gasteiger partial charge in [0.1, 0.15) is 11.4 Å². The van der Waals surface area contributed by atoms with Crippen molar-refractivity contribution in [3.05, 3.63) is 29.8 Å². The number of benzene rings is 1. The maximum absolute atomic E-state index is 11.7. The second-order valence-electron chi connectivity index (χ2n) is 6.75. The van der Waals surface area contributed by atoms with Crippen LogP contribution in [0.15, 0.2) is 24.3 Å². The van der Waals surface area contributed by atoms with Crippen LogP contribution in [0, 0.1) is 0 Å². The molecule has 0 aliphatic heterocycles. The summed E-state index contributed by atoms with van der Waals surface area (Å²) in [5.74, 6) is -0.208. The van der Waals surface area contributed by atoms with Gasteiger partial charge in [0.15, 0.2) is 6.61 Å². The highest BCUT2D eigenvalue weighted by molar-refractivity contribution is 5.80. The van der Waals surface area contributed by atoms with E-state index < -0.39 is 23.6 Å². The number of methoxy groups -OCH3 is 1. The molecule has 0 heterocycles. The Morgan fingerprint density at radius 2 is 1.74 bits per heavy atom. The van der Waals surface area contributed by atoms with Crippen LogP contribution in [0.25, 0.3) is 0 Å². The van der Waals surface area contributed by atoms with Gasteiger partial charge < -0.3 is 24.8 Å². The van der Waals surface area contributed by atoms with Gasteiger partial charge in [-0.3, -0.25) is 9.59 Å². The number of carbonyl (C=O) groups excluding carboxylic acids is 3. The summed E-state index contributed by atoms with van der Waals surface area (Å²) in [6.07, 6.45) is -0.0542. The third-order valence-corrected chi connectivity index (χ3v) is 3.27. The van der Waals surface area contributed by atoms with Gasteiger partial charge in [-0.25, -0.2) is 4.79 Å². The molecule has 27 heavy (non-hydrogen) atoms. The lowest BCUT2D eigenvalue weighted by Gasteiger charge is -2.19. The summed E-state index contributed by atoms with van der Waals surface area (Å²) < 4.78 is 15.1. The number of hydrogen-bond acceptors (Lipinski definition) is 6. The van der Waals surface area contributed by atoms with Gasteiger partial charge in [-0.15, -0.1) is 0 Å². The molecule has 0 spiro atoms. The molecular weight excluding hydrogens is 352 g/mol. The molecule has 0 saturated carbocycles. The van der Waals surface area contributed by atoms with Crippen LogP contribution in [-0.2, 0) is 25.5 Å². The standard InChI is InChI=1S/C19H28N2O6/c1-19(2,3)27-18(24)21-12-10-17(23)26-13-16(22)20-11-9-14-7-5-6-8-15(14)25-4/h5-8H,9-13H2,1-4H3,(H,20,22)(H,21,24). The fourth-order valence-corrected chi connectivity index (χ4v) is 2.10. The Morgan fingerprint density at radius 1 is 1.04 bits per heavy atom. The van der Waals surface area contributed by atoms with E-state index in [4.69, 9.17) is 14.2 Å². The van der Waals surface area contributed by atoms with E-state index >= 15 is 0 Å². The third-order valence-electron chi connectivity index (χ3n) is 3.27. The number of alkyl carbamates (subject to hydrolysis) is 1. The van der Waals surface area contributed by atoms with Gasteiger partial charge >= 0.3 is 12.1 Å². The van der Waals surface area contributed by atoms with E-state index in [-0.39, 0.29) is 19.6 Å². The van der Waals surface area contributed by atoms with Gasteiger partial charge in [0.25, 0.3) is 5.91 Å². The Bertz CT molecular complexity index is 639. The summed E-state index contributed by atoms with van der Waals surface area (Å²) in [5, 5.41) is 5.12. The summed E-state index contributed by atoms with van der Waals surface area (Å²) in [7, 11) is 1.59. The van der Waals surface area contributed by atoms with Crippen molar-refractivity contribution in [3.63, 3.8) is 0 Å². The zero-order valence-corrected chi connectivity index (χ0v) is 16.3. The van der Waals surface area contributed by atoms with E-state index in [2.05, 4.69) is 10.6 Å². The topological polar surface area (TPSA) is 103 Å². The molecule has 0 radical (unpaired) electrons. The third kappa shape index (κ3) is 10.1. The van der Waals surface area contributed by atoms with E-state index in [1.165, 1.54) is 0 Å². The molecule has 0 saturated heterocycles. The Balaban J connectivity index is 2.17. The minimum atomic E-state index is -0.607. The Kier molecular flexibility index (Phi) is 9.12. The molecular formula is C19H28N2O6. The second kappa shape index (κ2) is 11.1. The highest BCUT2D eigenvalue weighted by Crippen LogP contribution is 2.17. The number of amides is 2. The summed E-state index contributed by atoms with van der Waals surface area (Å²) in [6, 6.07) is 7.54. The molecule has 0 bridgehead atoms. The van der Waals surface area contributed by atoms with Crippen LogP contribution in [0.1, 0.15) is 32.8 Å². The zero-order chi connectivity index (χ0) is 20.3. The minimum Gasteiger partial charge on any atom is -0.496 e. The predicted molar refractivity (Wildman–Crippen MR) is 99.5 cm³/mol. The van der Waals surface area contributed by atoms with E-state index in [0.29, 0.717) is 13.0 Å².